The lowest BCUT2D eigenvalue weighted by Crippen LogP contribution is -2.33. The summed E-state index contributed by atoms with van der Waals surface area (Å²) < 4.78 is 0. The first-order valence-corrected chi connectivity index (χ1v) is 7.41. The molecule has 0 aliphatic heterocycles. The van der Waals surface area contributed by atoms with Crippen molar-refractivity contribution in [1.29, 1.82) is 0 Å². The predicted molar refractivity (Wildman–Crippen MR) is 86.1 cm³/mol. The van der Waals surface area contributed by atoms with Crippen LogP contribution < -0.4 is 11.1 Å². The Morgan fingerprint density at radius 2 is 2.05 bits per heavy atom. The fourth-order valence-electron chi connectivity index (χ4n) is 2.33. The SMILES string of the molecule is Cc1nc(CN)ccc1C(=O)N[C@H](c1ccccn1)C(C)C. The van der Waals surface area contributed by atoms with Crippen molar-refractivity contribution in [3.05, 3.63) is 59.2 Å². The van der Waals surface area contributed by atoms with Gasteiger partial charge >= 0.3 is 0 Å². The number of pyridine rings is 2. The summed E-state index contributed by atoms with van der Waals surface area (Å²) in [6.45, 7) is 6.30. The van der Waals surface area contributed by atoms with Crippen LogP contribution in [-0.2, 0) is 6.54 Å². The third kappa shape index (κ3) is 3.68. The van der Waals surface area contributed by atoms with Crippen LogP contribution >= 0.6 is 0 Å². The topological polar surface area (TPSA) is 80.9 Å². The quantitative estimate of drug-likeness (QED) is 0.888. The second kappa shape index (κ2) is 7.13. The number of aromatic nitrogens is 2. The molecule has 0 spiro atoms. The largest absolute Gasteiger partial charge is 0.343 e. The lowest BCUT2D eigenvalue weighted by Gasteiger charge is -2.22. The maximum atomic E-state index is 12.5. The Balaban J connectivity index is 2.22. The minimum Gasteiger partial charge on any atom is -0.343 e. The number of carbonyl (C=O) groups excluding carboxylic acids is 1. The molecule has 5 nitrogen and oxygen atoms in total. The summed E-state index contributed by atoms with van der Waals surface area (Å²) in [4.78, 5) is 21.2. The third-order valence-electron chi connectivity index (χ3n) is 3.56. The monoisotopic (exact) mass is 298 g/mol. The molecule has 3 N–H and O–H groups in total. The summed E-state index contributed by atoms with van der Waals surface area (Å²) in [5.41, 5.74) is 8.46. The van der Waals surface area contributed by atoms with E-state index < -0.39 is 0 Å². The number of nitrogens with one attached hydrogen (secondary N) is 1. The average molecular weight is 298 g/mol. The van der Waals surface area contributed by atoms with Gasteiger partial charge in [0.05, 0.1) is 28.7 Å². The molecule has 0 fully saturated rings. The molecule has 0 saturated heterocycles. The normalized spacial score (nSPS) is 12.2. The molecule has 1 atom stereocenters. The van der Waals surface area contributed by atoms with E-state index in [0.717, 1.165) is 11.4 Å². The minimum absolute atomic E-state index is 0.137. The molecule has 2 aromatic rings. The Morgan fingerprint density at radius 3 is 2.59 bits per heavy atom. The molecule has 2 rings (SSSR count). The second-order valence-corrected chi connectivity index (χ2v) is 5.59. The van der Waals surface area contributed by atoms with E-state index >= 15 is 0 Å². The van der Waals surface area contributed by atoms with Gasteiger partial charge in [0.2, 0.25) is 0 Å². The summed E-state index contributed by atoms with van der Waals surface area (Å²) in [7, 11) is 0. The van der Waals surface area contributed by atoms with Crippen molar-refractivity contribution in [2.75, 3.05) is 0 Å². The lowest BCUT2D eigenvalue weighted by molar-refractivity contribution is 0.0923. The van der Waals surface area contributed by atoms with Crippen molar-refractivity contribution in [3.8, 4) is 0 Å². The average Bonchev–Trinajstić information content (AvgIpc) is 2.52. The van der Waals surface area contributed by atoms with E-state index in [-0.39, 0.29) is 17.9 Å². The van der Waals surface area contributed by atoms with Gasteiger partial charge in [0.15, 0.2) is 0 Å². The molecule has 22 heavy (non-hydrogen) atoms. The van der Waals surface area contributed by atoms with Crippen molar-refractivity contribution in [1.82, 2.24) is 15.3 Å². The molecule has 0 aliphatic carbocycles. The fraction of sp³-hybridized carbons (Fsp3) is 0.353. The minimum atomic E-state index is -0.141. The molecule has 0 aromatic carbocycles. The number of amides is 1. The van der Waals surface area contributed by atoms with Crippen LogP contribution in [0.25, 0.3) is 0 Å². The first kappa shape index (κ1) is 16.1. The Morgan fingerprint density at radius 1 is 1.27 bits per heavy atom. The standard InChI is InChI=1S/C17H22N4O/c1-11(2)16(15-6-4-5-9-19-15)21-17(22)14-8-7-13(10-18)20-12(14)3/h4-9,11,16H,10,18H2,1-3H3,(H,21,22)/t16-/m0/s1. The van der Waals surface area contributed by atoms with Crippen LogP contribution in [0.1, 0.15) is 47.3 Å². The molecule has 0 unspecified atom stereocenters. The molecule has 116 valence electrons. The van der Waals surface area contributed by atoms with E-state index in [9.17, 15) is 4.79 Å². The Hall–Kier alpha value is -2.27. The Kier molecular flexibility index (Phi) is 5.22. The van der Waals surface area contributed by atoms with E-state index in [2.05, 4.69) is 29.1 Å². The molecule has 2 aromatic heterocycles. The van der Waals surface area contributed by atoms with Crippen LogP contribution in [0.3, 0.4) is 0 Å². The second-order valence-electron chi connectivity index (χ2n) is 5.59. The highest BCUT2D eigenvalue weighted by molar-refractivity contribution is 5.95. The third-order valence-corrected chi connectivity index (χ3v) is 3.56. The number of hydrogen-bond donors (Lipinski definition) is 2. The van der Waals surface area contributed by atoms with Gasteiger partial charge in [0, 0.05) is 12.7 Å². The zero-order valence-electron chi connectivity index (χ0n) is 13.2. The summed E-state index contributed by atoms with van der Waals surface area (Å²) in [6.07, 6.45) is 1.74. The van der Waals surface area contributed by atoms with Crippen molar-refractivity contribution >= 4 is 5.91 Å². The van der Waals surface area contributed by atoms with Crippen molar-refractivity contribution in [3.63, 3.8) is 0 Å². The number of nitrogens with two attached hydrogens (primary N) is 1. The number of nitrogens with zero attached hydrogens (tertiary/aromatic N) is 2. The first-order valence-electron chi connectivity index (χ1n) is 7.41. The molecule has 0 saturated carbocycles. The van der Waals surface area contributed by atoms with Crippen LogP contribution in [-0.4, -0.2) is 15.9 Å². The van der Waals surface area contributed by atoms with Crippen molar-refractivity contribution < 1.29 is 4.79 Å². The van der Waals surface area contributed by atoms with Gasteiger partial charge in [-0.15, -0.1) is 0 Å². The summed E-state index contributed by atoms with van der Waals surface area (Å²) >= 11 is 0. The smallest absolute Gasteiger partial charge is 0.253 e. The molecule has 0 aliphatic rings. The van der Waals surface area contributed by atoms with E-state index in [1.165, 1.54) is 0 Å². The number of carbonyl (C=O) groups is 1. The Labute approximate surface area is 131 Å². The maximum absolute atomic E-state index is 12.5. The summed E-state index contributed by atoms with van der Waals surface area (Å²) in [6, 6.07) is 9.13. The number of hydrogen-bond acceptors (Lipinski definition) is 4. The van der Waals surface area contributed by atoms with Gasteiger partial charge in [-0.3, -0.25) is 14.8 Å². The zero-order valence-corrected chi connectivity index (χ0v) is 13.2. The molecule has 0 radical (unpaired) electrons. The first-order chi connectivity index (χ1) is 10.5. The van der Waals surface area contributed by atoms with Gasteiger partial charge < -0.3 is 11.1 Å². The predicted octanol–water partition coefficient (Wildman–Crippen LogP) is 2.37. The van der Waals surface area contributed by atoms with Crippen molar-refractivity contribution in [2.45, 2.75) is 33.4 Å². The van der Waals surface area contributed by atoms with Gasteiger partial charge in [-0.2, -0.15) is 0 Å². The maximum Gasteiger partial charge on any atom is 0.253 e. The zero-order chi connectivity index (χ0) is 16.1. The fourth-order valence-corrected chi connectivity index (χ4v) is 2.33. The lowest BCUT2D eigenvalue weighted by atomic mass is 9.99. The van der Waals surface area contributed by atoms with Crippen LogP contribution in [0, 0.1) is 12.8 Å². The van der Waals surface area contributed by atoms with E-state index in [1.54, 1.807) is 18.3 Å². The van der Waals surface area contributed by atoms with Gasteiger partial charge in [0.1, 0.15) is 0 Å². The molecular weight excluding hydrogens is 276 g/mol. The van der Waals surface area contributed by atoms with Crippen molar-refractivity contribution in [2.24, 2.45) is 11.7 Å². The molecule has 5 heteroatoms. The van der Waals surface area contributed by atoms with E-state index in [4.69, 9.17) is 5.73 Å². The van der Waals surface area contributed by atoms with Crippen LogP contribution in [0.15, 0.2) is 36.5 Å². The molecular formula is C17H22N4O. The summed E-state index contributed by atoms with van der Waals surface area (Å²) in [5, 5.41) is 3.05. The highest BCUT2D eigenvalue weighted by Crippen LogP contribution is 2.20. The molecule has 1 amide bonds. The van der Waals surface area contributed by atoms with Gasteiger partial charge in [-0.05, 0) is 37.1 Å². The highest BCUT2D eigenvalue weighted by atomic mass is 16.1. The Bertz CT molecular complexity index is 640. The van der Waals surface area contributed by atoms with E-state index in [0.29, 0.717) is 17.8 Å². The highest BCUT2D eigenvalue weighted by Gasteiger charge is 2.21. The number of aryl methyl sites for hydroxylation is 1. The molecule has 0 bridgehead atoms. The summed E-state index contributed by atoms with van der Waals surface area (Å²) in [5.74, 6) is 0.0911. The molecule has 2 heterocycles. The number of rotatable bonds is 5. The van der Waals surface area contributed by atoms with Gasteiger partial charge in [-0.25, -0.2) is 0 Å². The van der Waals surface area contributed by atoms with E-state index in [1.807, 2.05) is 25.1 Å². The van der Waals surface area contributed by atoms with Gasteiger partial charge in [-0.1, -0.05) is 19.9 Å². The van der Waals surface area contributed by atoms with Gasteiger partial charge in [0.25, 0.3) is 5.91 Å². The van der Waals surface area contributed by atoms with Crippen LogP contribution in [0.2, 0.25) is 0 Å². The van der Waals surface area contributed by atoms with Crippen LogP contribution in [0.5, 0.6) is 0 Å². The van der Waals surface area contributed by atoms with Crippen LogP contribution in [0.4, 0.5) is 0 Å².